The molecule has 0 bridgehead atoms. The number of halogens is 1. The monoisotopic (exact) mass is 328 g/mol. The van der Waals surface area contributed by atoms with Crippen molar-refractivity contribution in [3.8, 4) is 0 Å². The maximum Gasteiger partial charge on any atom is 0.254 e. The van der Waals surface area contributed by atoms with Crippen molar-refractivity contribution in [3.05, 3.63) is 29.6 Å². The van der Waals surface area contributed by atoms with E-state index in [1.54, 1.807) is 0 Å². The van der Waals surface area contributed by atoms with Gasteiger partial charge in [0.2, 0.25) is 10.0 Å². The Morgan fingerprint density at radius 2 is 2.00 bits per heavy atom. The molecule has 0 aromatic heterocycles. The number of carbonyl (C=O) groups is 1. The molecule has 1 aliphatic rings. The number of rotatable bonds is 6. The number of hydrogen-bond acceptors (Lipinski definition) is 3. The lowest BCUT2D eigenvalue weighted by atomic mass is 10.2. The van der Waals surface area contributed by atoms with Gasteiger partial charge in [-0.3, -0.25) is 4.79 Å². The second kappa shape index (κ2) is 7.19. The van der Waals surface area contributed by atoms with Crippen LogP contribution in [0.4, 0.5) is 4.39 Å². The number of unbranched alkanes of at least 4 members (excludes halogenated alkanes) is 1. The zero-order valence-corrected chi connectivity index (χ0v) is 13.5. The van der Waals surface area contributed by atoms with Gasteiger partial charge in [-0.05, 0) is 37.5 Å². The van der Waals surface area contributed by atoms with Crippen molar-refractivity contribution >= 4 is 15.9 Å². The molecular weight excluding hydrogens is 307 g/mol. The van der Waals surface area contributed by atoms with Gasteiger partial charge < -0.3 is 5.32 Å². The van der Waals surface area contributed by atoms with E-state index in [9.17, 15) is 17.6 Å². The smallest absolute Gasteiger partial charge is 0.254 e. The van der Waals surface area contributed by atoms with Crippen molar-refractivity contribution < 1.29 is 17.6 Å². The summed E-state index contributed by atoms with van der Waals surface area (Å²) < 4.78 is 40.1. The summed E-state index contributed by atoms with van der Waals surface area (Å²) in [5, 5.41) is 2.60. The van der Waals surface area contributed by atoms with E-state index in [4.69, 9.17) is 0 Å². The van der Waals surface area contributed by atoms with Crippen LogP contribution < -0.4 is 5.32 Å². The zero-order valence-electron chi connectivity index (χ0n) is 12.6. The highest BCUT2D eigenvalue weighted by Crippen LogP contribution is 2.22. The van der Waals surface area contributed by atoms with E-state index in [-0.39, 0.29) is 10.5 Å². The third kappa shape index (κ3) is 3.64. The minimum Gasteiger partial charge on any atom is -0.352 e. The van der Waals surface area contributed by atoms with E-state index in [0.29, 0.717) is 19.6 Å². The second-order valence-electron chi connectivity index (χ2n) is 5.36. The summed E-state index contributed by atoms with van der Waals surface area (Å²) in [6.45, 7) is 3.36. The number of carbonyl (C=O) groups excluding carboxylic acids is 1. The van der Waals surface area contributed by atoms with E-state index < -0.39 is 21.7 Å². The molecule has 1 aromatic rings. The first-order valence-electron chi connectivity index (χ1n) is 7.54. The molecule has 1 heterocycles. The zero-order chi connectivity index (χ0) is 16.2. The number of benzene rings is 1. The van der Waals surface area contributed by atoms with Gasteiger partial charge in [0.1, 0.15) is 5.82 Å². The van der Waals surface area contributed by atoms with Crippen LogP contribution in [0.2, 0.25) is 0 Å². The Labute approximate surface area is 130 Å². The summed E-state index contributed by atoms with van der Waals surface area (Å²) in [6.07, 6.45) is 3.35. The minimum absolute atomic E-state index is 0.0311. The Morgan fingerprint density at radius 3 is 2.64 bits per heavy atom. The second-order valence-corrected chi connectivity index (χ2v) is 7.30. The van der Waals surface area contributed by atoms with Gasteiger partial charge in [0.15, 0.2) is 0 Å². The number of nitrogens with zero attached hydrogens (tertiary/aromatic N) is 1. The van der Waals surface area contributed by atoms with Gasteiger partial charge in [0.05, 0.1) is 10.5 Å². The molecule has 5 nitrogen and oxygen atoms in total. The van der Waals surface area contributed by atoms with Gasteiger partial charge in [-0.25, -0.2) is 12.8 Å². The summed E-state index contributed by atoms with van der Waals surface area (Å²) >= 11 is 0. The van der Waals surface area contributed by atoms with Crippen molar-refractivity contribution in [2.24, 2.45) is 0 Å². The van der Waals surface area contributed by atoms with Crippen LogP contribution >= 0.6 is 0 Å². The summed E-state index contributed by atoms with van der Waals surface area (Å²) in [5.74, 6) is -1.29. The highest BCUT2D eigenvalue weighted by atomic mass is 32.2. The molecule has 1 amide bonds. The summed E-state index contributed by atoms with van der Waals surface area (Å²) in [5.41, 5.74) is -0.226. The molecule has 1 saturated heterocycles. The Kier molecular flexibility index (Phi) is 5.52. The predicted octanol–water partition coefficient (Wildman–Crippen LogP) is 2.14. The normalized spacial score (nSPS) is 15.9. The average Bonchev–Trinajstić information content (AvgIpc) is 3.02. The SMILES string of the molecule is CCCCNC(=O)c1cc(S(=O)(=O)N2CCCC2)ccc1F. The van der Waals surface area contributed by atoms with Crippen LogP contribution in [0.15, 0.2) is 23.1 Å². The molecule has 1 fully saturated rings. The van der Waals surface area contributed by atoms with Crippen LogP contribution in [0.25, 0.3) is 0 Å². The van der Waals surface area contributed by atoms with Crippen molar-refractivity contribution in [1.82, 2.24) is 9.62 Å². The van der Waals surface area contributed by atoms with Crippen LogP contribution in [0.3, 0.4) is 0 Å². The third-order valence-corrected chi connectivity index (χ3v) is 5.60. The topological polar surface area (TPSA) is 66.5 Å². The average molecular weight is 328 g/mol. The Hall–Kier alpha value is -1.47. The molecule has 122 valence electrons. The lowest BCUT2D eigenvalue weighted by Gasteiger charge is -2.16. The first-order chi connectivity index (χ1) is 10.5. The molecule has 0 aliphatic carbocycles. The van der Waals surface area contributed by atoms with E-state index in [2.05, 4.69) is 5.32 Å². The minimum atomic E-state index is -3.65. The van der Waals surface area contributed by atoms with E-state index in [1.807, 2.05) is 6.92 Å². The quantitative estimate of drug-likeness (QED) is 0.814. The maximum atomic E-state index is 13.8. The van der Waals surface area contributed by atoms with Crippen LogP contribution in [0, 0.1) is 5.82 Å². The molecule has 0 unspecified atom stereocenters. The molecule has 0 saturated carbocycles. The Balaban J connectivity index is 2.24. The number of hydrogen-bond donors (Lipinski definition) is 1. The molecule has 22 heavy (non-hydrogen) atoms. The molecule has 7 heteroatoms. The largest absolute Gasteiger partial charge is 0.352 e. The third-order valence-electron chi connectivity index (χ3n) is 3.70. The summed E-state index contributed by atoms with van der Waals surface area (Å²) in [6, 6.07) is 3.38. The molecule has 0 atom stereocenters. The van der Waals surface area contributed by atoms with E-state index in [0.717, 1.165) is 37.8 Å². The van der Waals surface area contributed by atoms with Gasteiger partial charge in [-0.1, -0.05) is 13.3 Å². The molecule has 1 aliphatic heterocycles. The summed E-state index contributed by atoms with van der Waals surface area (Å²) in [7, 11) is -3.65. The molecule has 0 spiro atoms. The van der Waals surface area contributed by atoms with Gasteiger partial charge in [0.25, 0.3) is 5.91 Å². The van der Waals surface area contributed by atoms with Gasteiger partial charge in [-0.15, -0.1) is 0 Å². The Morgan fingerprint density at radius 1 is 1.32 bits per heavy atom. The lowest BCUT2D eigenvalue weighted by molar-refractivity contribution is 0.0949. The molecule has 1 aromatic carbocycles. The Bertz CT molecular complexity index is 640. The van der Waals surface area contributed by atoms with Crippen molar-refractivity contribution in [2.75, 3.05) is 19.6 Å². The van der Waals surface area contributed by atoms with E-state index >= 15 is 0 Å². The van der Waals surface area contributed by atoms with Crippen LogP contribution in [0.1, 0.15) is 43.0 Å². The van der Waals surface area contributed by atoms with Crippen LogP contribution in [-0.2, 0) is 10.0 Å². The van der Waals surface area contributed by atoms with Crippen LogP contribution in [-0.4, -0.2) is 38.3 Å². The first-order valence-corrected chi connectivity index (χ1v) is 8.98. The van der Waals surface area contributed by atoms with Gasteiger partial charge in [0, 0.05) is 19.6 Å². The first kappa shape index (κ1) is 16.9. The standard InChI is InChI=1S/C15H21FN2O3S/c1-2-3-8-17-15(19)13-11-12(6-7-14(13)16)22(20,21)18-9-4-5-10-18/h6-7,11H,2-5,8-10H2,1H3,(H,17,19). The van der Waals surface area contributed by atoms with Crippen molar-refractivity contribution in [2.45, 2.75) is 37.5 Å². The number of nitrogens with one attached hydrogen (secondary N) is 1. The lowest BCUT2D eigenvalue weighted by Crippen LogP contribution is -2.29. The van der Waals surface area contributed by atoms with Crippen LogP contribution in [0.5, 0.6) is 0 Å². The highest BCUT2D eigenvalue weighted by molar-refractivity contribution is 7.89. The molecular formula is C15H21FN2O3S. The molecule has 1 N–H and O–H groups in total. The highest BCUT2D eigenvalue weighted by Gasteiger charge is 2.28. The fraction of sp³-hybridized carbons (Fsp3) is 0.533. The van der Waals surface area contributed by atoms with Gasteiger partial charge in [-0.2, -0.15) is 4.31 Å². The van der Waals surface area contributed by atoms with Crippen molar-refractivity contribution in [1.29, 1.82) is 0 Å². The van der Waals surface area contributed by atoms with Crippen molar-refractivity contribution in [3.63, 3.8) is 0 Å². The summed E-state index contributed by atoms with van der Waals surface area (Å²) in [4.78, 5) is 12.0. The van der Waals surface area contributed by atoms with Gasteiger partial charge >= 0.3 is 0 Å². The maximum absolute atomic E-state index is 13.8. The fourth-order valence-electron chi connectivity index (χ4n) is 2.39. The number of sulfonamides is 1. The number of amides is 1. The fourth-order valence-corrected chi connectivity index (χ4v) is 3.93. The predicted molar refractivity (Wildman–Crippen MR) is 81.6 cm³/mol. The molecule has 2 rings (SSSR count). The van der Waals surface area contributed by atoms with E-state index in [1.165, 1.54) is 10.4 Å². The molecule has 0 radical (unpaired) electrons.